The SMILES string of the molecule is I.NC(=NCc1cccc2c1OCO2)NC1CCOc2ccccc21. The van der Waals surface area contributed by atoms with Crippen LogP contribution in [-0.2, 0) is 6.54 Å². The van der Waals surface area contributed by atoms with Crippen molar-refractivity contribution in [2.45, 2.75) is 19.0 Å². The van der Waals surface area contributed by atoms with Gasteiger partial charge in [-0.25, -0.2) is 4.99 Å². The number of aliphatic imine (C=N–C) groups is 1. The molecule has 0 saturated heterocycles. The highest BCUT2D eigenvalue weighted by molar-refractivity contribution is 14.0. The van der Waals surface area contributed by atoms with Gasteiger partial charge in [0, 0.05) is 17.5 Å². The second kappa shape index (κ2) is 7.81. The van der Waals surface area contributed by atoms with Crippen molar-refractivity contribution >= 4 is 29.9 Å². The van der Waals surface area contributed by atoms with Crippen LogP contribution in [0.25, 0.3) is 0 Å². The molecule has 0 radical (unpaired) electrons. The molecule has 2 aliphatic rings. The zero-order valence-electron chi connectivity index (χ0n) is 13.6. The second-order valence-electron chi connectivity index (χ2n) is 5.72. The number of fused-ring (bicyclic) bond motifs is 2. The van der Waals surface area contributed by atoms with Crippen LogP contribution in [0.5, 0.6) is 17.2 Å². The average Bonchev–Trinajstić information content (AvgIpc) is 3.09. The molecule has 6 nitrogen and oxygen atoms in total. The van der Waals surface area contributed by atoms with E-state index in [-0.39, 0.29) is 36.8 Å². The lowest BCUT2D eigenvalue weighted by atomic mass is 10.0. The number of guanidine groups is 1. The van der Waals surface area contributed by atoms with Crippen molar-refractivity contribution in [3.05, 3.63) is 53.6 Å². The van der Waals surface area contributed by atoms with Gasteiger partial charge in [-0.1, -0.05) is 30.3 Å². The van der Waals surface area contributed by atoms with Gasteiger partial charge in [0.25, 0.3) is 0 Å². The first-order valence-electron chi connectivity index (χ1n) is 7.97. The maximum Gasteiger partial charge on any atom is 0.231 e. The molecule has 0 aliphatic carbocycles. The predicted molar refractivity (Wildman–Crippen MR) is 106 cm³/mol. The van der Waals surface area contributed by atoms with E-state index in [1.807, 2.05) is 36.4 Å². The van der Waals surface area contributed by atoms with Gasteiger partial charge in [0.2, 0.25) is 6.79 Å². The first-order valence-corrected chi connectivity index (χ1v) is 7.97. The van der Waals surface area contributed by atoms with Crippen molar-refractivity contribution in [2.24, 2.45) is 10.7 Å². The fourth-order valence-corrected chi connectivity index (χ4v) is 3.00. The maximum absolute atomic E-state index is 6.08. The lowest BCUT2D eigenvalue weighted by molar-refractivity contribution is 0.173. The van der Waals surface area contributed by atoms with Gasteiger partial charge in [-0.3, -0.25) is 0 Å². The molecule has 132 valence electrons. The number of rotatable bonds is 3. The van der Waals surface area contributed by atoms with Crippen LogP contribution in [0.2, 0.25) is 0 Å². The Kier molecular flexibility index (Phi) is 5.52. The minimum atomic E-state index is 0. The number of nitrogens with two attached hydrogens (primary N) is 1. The Morgan fingerprint density at radius 1 is 1.08 bits per heavy atom. The Labute approximate surface area is 163 Å². The largest absolute Gasteiger partial charge is 0.493 e. The standard InChI is InChI=1S/C18H19N3O3.HI/c19-18(20-10-12-4-3-7-16-17(12)24-11-23-16)21-14-8-9-22-15-6-2-1-5-13(14)15;/h1-7,14H,8-11H2,(H3,19,20,21);1H. The Balaban J connectivity index is 0.00000182. The van der Waals surface area contributed by atoms with Crippen LogP contribution in [0.15, 0.2) is 47.5 Å². The molecule has 0 fully saturated rings. The second-order valence-corrected chi connectivity index (χ2v) is 5.72. The molecule has 0 spiro atoms. The van der Waals surface area contributed by atoms with E-state index < -0.39 is 0 Å². The van der Waals surface area contributed by atoms with Crippen molar-refractivity contribution in [1.82, 2.24) is 5.32 Å². The molecule has 2 aromatic rings. The average molecular weight is 453 g/mol. The zero-order valence-corrected chi connectivity index (χ0v) is 15.9. The van der Waals surface area contributed by atoms with Gasteiger partial charge >= 0.3 is 0 Å². The molecule has 0 saturated carbocycles. The van der Waals surface area contributed by atoms with Crippen molar-refractivity contribution in [3.8, 4) is 17.2 Å². The molecule has 4 rings (SSSR count). The quantitative estimate of drug-likeness (QED) is 0.425. The summed E-state index contributed by atoms with van der Waals surface area (Å²) in [6.07, 6.45) is 0.852. The normalized spacial score (nSPS) is 17.9. The summed E-state index contributed by atoms with van der Waals surface area (Å²) in [5.41, 5.74) is 8.15. The fraction of sp³-hybridized carbons (Fsp3) is 0.278. The molecular formula is C18H20IN3O3. The summed E-state index contributed by atoms with van der Waals surface area (Å²) >= 11 is 0. The number of nitrogens with zero attached hydrogens (tertiary/aromatic N) is 1. The van der Waals surface area contributed by atoms with Crippen LogP contribution in [0.1, 0.15) is 23.6 Å². The highest BCUT2D eigenvalue weighted by Crippen LogP contribution is 2.35. The number of benzene rings is 2. The smallest absolute Gasteiger partial charge is 0.231 e. The minimum Gasteiger partial charge on any atom is -0.493 e. The number of hydrogen-bond acceptors (Lipinski definition) is 4. The third kappa shape index (κ3) is 3.76. The minimum absolute atomic E-state index is 0. The summed E-state index contributed by atoms with van der Waals surface area (Å²) in [6.45, 7) is 1.36. The summed E-state index contributed by atoms with van der Waals surface area (Å²) in [6, 6.07) is 13.9. The summed E-state index contributed by atoms with van der Waals surface area (Å²) in [5, 5.41) is 3.29. The van der Waals surface area contributed by atoms with Gasteiger partial charge in [0.1, 0.15) is 5.75 Å². The molecule has 1 atom stereocenters. The highest BCUT2D eigenvalue weighted by Gasteiger charge is 2.21. The van der Waals surface area contributed by atoms with Gasteiger partial charge in [-0.05, 0) is 12.1 Å². The van der Waals surface area contributed by atoms with Gasteiger partial charge in [-0.15, -0.1) is 24.0 Å². The van der Waals surface area contributed by atoms with Crippen LogP contribution in [0.3, 0.4) is 0 Å². The van der Waals surface area contributed by atoms with Crippen molar-refractivity contribution in [3.63, 3.8) is 0 Å². The van der Waals surface area contributed by atoms with E-state index in [4.69, 9.17) is 19.9 Å². The molecule has 2 aromatic carbocycles. The van der Waals surface area contributed by atoms with Crippen LogP contribution >= 0.6 is 24.0 Å². The first kappa shape index (κ1) is 17.7. The van der Waals surface area contributed by atoms with Crippen LogP contribution in [-0.4, -0.2) is 19.4 Å². The topological polar surface area (TPSA) is 78.1 Å². The molecule has 0 aromatic heterocycles. The molecule has 1 unspecified atom stereocenters. The van der Waals surface area contributed by atoms with Crippen LogP contribution < -0.4 is 25.3 Å². The molecule has 25 heavy (non-hydrogen) atoms. The Morgan fingerprint density at radius 3 is 2.84 bits per heavy atom. The lowest BCUT2D eigenvalue weighted by Crippen LogP contribution is -2.37. The van der Waals surface area contributed by atoms with Crippen LogP contribution in [0.4, 0.5) is 0 Å². The van der Waals surface area contributed by atoms with E-state index in [0.29, 0.717) is 19.1 Å². The summed E-state index contributed by atoms with van der Waals surface area (Å²) in [4.78, 5) is 4.45. The van der Waals surface area contributed by atoms with E-state index in [1.165, 1.54) is 0 Å². The van der Waals surface area contributed by atoms with Crippen molar-refractivity contribution in [1.29, 1.82) is 0 Å². The van der Waals surface area contributed by atoms with Gasteiger partial charge in [0.05, 0.1) is 19.2 Å². The number of ether oxygens (including phenoxy) is 3. The third-order valence-electron chi connectivity index (χ3n) is 4.18. The number of nitrogens with one attached hydrogen (secondary N) is 1. The third-order valence-corrected chi connectivity index (χ3v) is 4.18. The first-order chi connectivity index (χ1) is 11.8. The predicted octanol–water partition coefficient (Wildman–Crippen LogP) is 2.96. The highest BCUT2D eigenvalue weighted by atomic mass is 127. The van der Waals surface area contributed by atoms with E-state index in [2.05, 4.69) is 16.4 Å². The fourth-order valence-electron chi connectivity index (χ4n) is 3.00. The van der Waals surface area contributed by atoms with Gasteiger partial charge in [0.15, 0.2) is 17.5 Å². The maximum atomic E-state index is 6.08. The summed E-state index contributed by atoms with van der Waals surface area (Å²) in [7, 11) is 0. The van der Waals surface area contributed by atoms with E-state index >= 15 is 0 Å². The zero-order chi connectivity index (χ0) is 16.4. The Bertz CT molecular complexity index is 782. The van der Waals surface area contributed by atoms with E-state index in [0.717, 1.165) is 34.8 Å². The molecule has 7 heteroatoms. The monoisotopic (exact) mass is 453 g/mol. The summed E-state index contributed by atoms with van der Waals surface area (Å²) < 4.78 is 16.5. The number of para-hydroxylation sites is 2. The molecular weight excluding hydrogens is 433 g/mol. The van der Waals surface area contributed by atoms with E-state index in [1.54, 1.807) is 0 Å². The molecule has 0 amide bonds. The molecule has 2 aliphatic heterocycles. The number of halogens is 1. The van der Waals surface area contributed by atoms with Crippen LogP contribution in [0, 0.1) is 0 Å². The summed E-state index contributed by atoms with van der Waals surface area (Å²) in [5.74, 6) is 2.83. The van der Waals surface area contributed by atoms with Crippen molar-refractivity contribution in [2.75, 3.05) is 13.4 Å². The number of hydrogen-bond donors (Lipinski definition) is 2. The van der Waals surface area contributed by atoms with Gasteiger partial charge in [-0.2, -0.15) is 0 Å². The molecule has 2 heterocycles. The van der Waals surface area contributed by atoms with E-state index in [9.17, 15) is 0 Å². The Morgan fingerprint density at radius 2 is 1.92 bits per heavy atom. The van der Waals surface area contributed by atoms with Gasteiger partial charge < -0.3 is 25.3 Å². The molecule has 3 N–H and O–H groups in total. The Hall–Kier alpha value is -2.16. The van der Waals surface area contributed by atoms with Crippen molar-refractivity contribution < 1.29 is 14.2 Å². The lowest BCUT2D eigenvalue weighted by Gasteiger charge is -2.26. The molecule has 0 bridgehead atoms.